The first-order valence-corrected chi connectivity index (χ1v) is 11.5. The van der Waals surface area contributed by atoms with E-state index in [-0.39, 0.29) is 24.7 Å². The van der Waals surface area contributed by atoms with Crippen LogP contribution in [-0.4, -0.2) is 47.0 Å². The first-order valence-electron chi connectivity index (χ1n) is 11.5. The van der Waals surface area contributed by atoms with Crippen LogP contribution in [0, 0.1) is 5.41 Å². The van der Waals surface area contributed by atoms with Crippen LogP contribution in [0.4, 0.5) is 0 Å². The zero-order valence-electron chi connectivity index (χ0n) is 18.3. The van der Waals surface area contributed by atoms with Crippen molar-refractivity contribution < 1.29 is 19.5 Å². The fourth-order valence-electron chi connectivity index (χ4n) is 5.06. The van der Waals surface area contributed by atoms with E-state index in [4.69, 9.17) is 5.11 Å². The van der Waals surface area contributed by atoms with Crippen LogP contribution in [0.15, 0.2) is 42.5 Å². The quantitative estimate of drug-likeness (QED) is 0.616. The standard InChI is InChI=1S/C25H31N3O4/c29-22(30)10-9-21(24(32)27-28-15-13-25(14-16-28)11-3-4-12-25)26-23(31)20-8-7-18-5-1-2-6-19(18)17-20/h1-2,5-8,17,21H,3-4,9-16H2,(H,26,31)(H,27,32)(H,29,30). The number of carbonyl (C=O) groups is 3. The molecule has 0 radical (unpaired) electrons. The van der Waals surface area contributed by atoms with Gasteiger partial charge >= 0.3 is 5.97 Å². The predicted octanol–water partition coefficient (Wildman–Crippen LogP) is 3.49. The Bertz CT molecular complexity index is 990. The number of hydrogen-bond acceptors (Lipinski definition) is 4. The second kappa shape index (κ2) is 9.69. The predicted molar refractivity (Wildman–Crippen MR) is 122 cm³/mol. The van der Waals surface area contributed by atoms with E-state index in [2.05, 4.69) is 10.7 Å². The molecule has 2 aliphatic rings. The number of nitrogens with zero attached hydrogens (tertiary/aromatic N) is 1. The van der Waals surface area contributed by atoms with Crippen LogP contribution in [0.25, 0.3) is 10.8 Å². The lowest BCUT2D eigenvalue weighted by molar-refractivity contribution is -0.137. The first kappa shape index (κ1) is 22.3. The van der Waals surface area contributed by atoms with E-state index in [1.807, 2.05) is 35.3 Å². The van der Waals surface area contributed by atoms with Crippen LogP contribution < -0.4 is 10.7 Å². The fourth-order valence-corrected chi connectivity index (χ4v) is 5.06. The van der Waals surface area contributed by atoms with E-state index >= 15 is 0 Å². The molecule has 1 unspecified atom stereocenters. The number of rotatable bonds is 7. The van der Waals surface area contributed by atoms with Gasteiger partial charge < -0.3 is 10.4 Å². The highest BCUT2D eigenvalue weighted by Crippen LogP contribution is 2.45. The molecule has 3 N–H and O–H groups in total. The molecule has 1 atom stereocenters. The Morgan fingerprint density at radius 1 is 0.969 bits per heavy atom. The van der Waals surface area contributed by atoms with Gasteiger partial charge in [0.25, 0.3) is 11.8 Å². The van der Waals surface area contributed by atoms with E-state index < -0.39 is 12.0 Å². The molecule has 1 saturated heterocycles. The number of fused-ring (bicyclic) bond motifs is 1. The zero-order valence-corrected chi connectivity index (χ0v) is 18.3. The molecule has 1 aliphatic heterocycles. The van der Waals surface area contributed by atoms with E-state index in [1.54, 1.807) is 12.1 Å². The van der Waals surface area contributed by atoms with Crippen molar-refractivity contribution in [2.45, 2.75) is 57.4 Å². The van der Waals surface area contributed by atoms with Gasteiger partial charge in [-0.3, -0.25) is 19.8 Å². The van der Waals surface area contributed by atoms with Crippen LogP contribution >= 0.6 is 0 Å². The second-order valence-corrected chi connectivity index (χ2v) is 9.19. The Kier molecular flexibility index (Phi) is 6.74. The number of amides is 2. The fraction of sp³-hybridized carbons (Fsp3) is 0.480. The summed E-state index contributed by atoms with van der Waals surface area (Å²) < 4.78 is 0. The lowest BCUT2D eigenvalue weighted by Gasteiger charge is -2.39. The van der Waals surface area contributed by atoms with Gasteiger partial charge in [0.2, 0.25) is 0 Å². The highest BCUT2D eigenvalue weighted by Gasteiger charge is 2.37. The van der Waals surface area contributed by atoms with Crippen molar-refractivity contribution in [3.05, 3.63) is 48.0 Å². The number of carbonyl (C=O) groups excluding carboxylic acids is 2. The van der Waals surface area contributed by atoms with E-state index in [1.165, 1.54) is 25.7 Å². The SMILES string of the molecule is O=C(O)CCC(NC(=O)c1ccc2ccccc2c1)C(=O)NN1CCC2(CCCC2)CC1. The maximum atomic E-state index is 13.0. The molecule has 2 amide bonds. The van der Waals surface area contributed by atoms with Crippen molar-refractivity contribution in [1.29, 1.82) is 0 Å². The minimum Gasteiger partial charge on any atom is -0.481 e. The minimum atomic E-state index is -0.996. The lowest BCUT2D eigenvalue weighted by atomic mass is 9.77. The van der Waals surface area contributed by atoms with Crippen molar-refractivity contribution in [2.75, 3.05) is 13.1 Å². The van der Waals surface area contributed by atoms with Gasteiger partial charge in [0.05, 0.1) is 0 Å². The van der Waals surface area contributed by atoms with Crippen molar-refractivity contribution in [3.8, 4) is 0 Å². The average Bonchev–Trinajstić information content (AvgIpc) is 3.25. The smallest absolute Gasteiger partial charge is 0.303 e. The molecule has 7 nitrogen and oxygen atoms in total. The maximum Gasteiger partial charge on any atom is 0.303 e. The summed E-state index contributed by atoms with van der Waals surface area (Å²) in [7, 11) is 0. The summed E-state index contributed by atoms with van der Waals surface area (Å²) in [6.07, 6.45) is 7.12. The third kappa shape index (κ3) is 5.27. The monoisotopic (exact) mass is 437 g/mol. The zero-order chi connectivity index (χ0) is 22.6. The van der Waals surface area contributed by atoms with Gasteiger partial charge in [-0.15, -0.1) is 0 Å². The molecule has 2 aromatic rings. The van der Waals surface area contributed by atoms with E-state index in [0.29, 0.717) is 11.0 Å². The van der Waals surface area contributed by atoms with E-state index in [9.17, 15) is 14.4 Å². The highest BCUT2D eigenvalue weighted by molar-refractivity contribution is 6.00. The number of nitrogens with one attached hydrogen (secondary N) is 2. The van der Waals surface area contributed by atoms with Crippen LogP contribution in [0.1, 0.15) is 61.7 Å². The summed E-state index contributed by atoms with van der Waals surface area (Å²) >= 11 is 0. The molecule has 1 spiro atoms. The summed E-state index contributed by atoms with van der Waals surface area (Å²) in [5, 5.41) is 15.7. The summed E-state index contributed by atoms with van der Waals surface area (Å²) in [4.78, 5) is 36.9. The van der Waals surface area contributed by atoms with Crippen molar-refractivity contribution in [3.63, 3.8) is 0 Å². The first-order chi connectivity index (χ1) is 15.4. The molecule has 0 aromatic heterocycles. The minimum absolute atomic E-state index is 0.0399. The molecule has 1 heterocycles. The van der Waals surface area contributed by atoms with Gasteiger partial charge in [0.15, 0.2) is 0 Å². The Balaban J connectivity index is 1.39. The van der Waals surface area contributed by atoms with Gasteiger partial charge in [0.1, 0.15) is 6.04 Å². The van der Waals surface area contributed by atoms with Crippen LogP contribution in [-0.2, 0) is 9.59 Å². The van der Waals surface area contributed by atoms with Crippen LogP contribution in [0.2, 0.25) is 0 Å². The molecule has 2 fully saturated rings. The largest absolute Gasteiger partial charge is 0.481 e. The third-order valence-corrected chi connectivity index (χ3v) is 7.04. The number of aliphatic carboxylic acids is 1. The van der Waals surface area contributed by atoms with Gasteiger partial charge in [-0.1, -0.05) is 43.2 Å². The Morgan fingerprint density at radius 2 is 1.66 bits per heavy atom. The lowest BCUT2D eigenvalue weighted by Crippen LogP contribution is -2.55. The summed E-state index contributed by atoms with van der Waals surface area (Å²) in [6, 6.07) is 12.2. The van der Waals surface area contributed by atoms with E-state index in [0.717, 1.165) is 36.7 Å². The van der Waals surface area contributed by atoms with Crippen LogP contribution in [0.3, 0.4) is 0 Å². The van der Waals surface area contributed by atoms with Crippen LogP contribution in [0.5, 0.6) is 0 Å². The topological polar surface area (TPSA) is 98.7 Å². The third-order valence-electron chi connectivity index (χ3n) is 7.04. The molecular formula is C25H31N3O4. The molecule has 2 aromatic carbocycles. The molecule has 0 bridgehead atoms. The van der Waals surface area contributed by atoms with Crippen molar-refractivity contribution in [2.24, 2.45) is 5.41 Å². The van der Waals surface area contributed by atoms with Crippen molar-refractivity contribution >= 4 is 28.6 Å². The van der Waals surface area contributed by atoms with Gasteiger partial charge in [-0.05, 0) is 60.4 Å². The Labute approximate surface area is 188 Å². The summed E-state index contributed by atoms with van der Waals surface area (Å²) in [6.45, 7) is 1.58. The number of benzene rings is 2. The average molecular weight is 438 g/mol. The summed E-state index contributed by atoms with van der Waals surface area (Å²) in [5.41, 5.74) is 3.80. The molecular weight excluding hydrogens is 406 g/mol. The number of hydrazine groups is 1. The molecule has 32 heavy (non-hydrogen) atoms. The summed E-state index contributed by atoms with van der Waals surface area (Å²) in [5.74, 6) is -1.74. The molecule has 1 aliphatic carbocycles. The van der Waals surface area contributed by atoms with Gasteiger partial charge in [-0.25, -0.2) is 5.01 Å². The van der Waals surface area contributed by atoms with Gasteiger partial charge in [-0.2, -0.15) is 0 Å². The number of hydrogen-bond donors (Lipinski definition) is 3. The molecule has 4 rings (SSSR count). The highest BCUT2D eigenvalue weighted by atomic mass is 16.4. The van der Waals surface area contributed by atoms with Crippen molar-refractivity contribution in [1.82, 2.24) is 15.8 Å². The normalized spacial score (nSPS) is 19.0. The Morgan fingerprint density at radius 3 is 2.34 bits per heavy atom. The molecule has 1 saturated carbocycles. The maximum absolute atomic E-state index is 13.0. The molecule has 7 heteroatoms. The number of piperidine rings is 1. The number of carboxylic acid groups (broad SMARTS) is 1. The second-order valence-electron chi connectivity index (χ2n) is 9.19. The van der Waals surface area contributed by atoms with Gasteiger partial charge in [0, 0.05) is 25.1 Å². The molecule has 170 valence electrons. The number of carboxylic acids is 1. The Hall–Kier alpha value is -2.93.